The van der Waals surface area contributed by atoms with E-state index in [-0.39, 0.29) is 17.9 Å². The van der Waals surface area contributed by atoms with Crippen molar-refractivity contribution in [2.24, 2.45) is 0 Å². The number of anilines is 3. The second-order valence-electron chi connectivity index (χ2n) is 10.2. The molecule has 2 amide bonds. The van der Waals surface area contributed by atoms with E-state index in [1.807, 2.05) is 19.0 Å². The molecule has 2 aromatic rings. The molecule has 1 aliphatic rings. The molecule has 0 aliphatic carbocycles. The highest BCUT2D eigenvalue weighted by atomic mass is 16.5. The molecule has 11 nitrogen and oxygen atoms in total. The number of nitriles is 1. The Morgan fingerprint density at radius 3 is 2.71 bits per heavy atom. The van der Waals surface area contributed by atoms with Crippen LogP contribution in [0, 0.1) is 23.2 Å². The number of rotatable bonds is 13. The number of aromatic nitrogens is 2. The van der Waals surface area contributed by atoms with Crippen LogP contribution in [0.3, 0.4) is 0 Å². The van der Waals surface area contributed by atoms with Crippen LogP contribution in [0.15, 0.2) is 42.6 Å². The summed E-state index contributed by atoms with van der Waals surface area (Å²) >= 11 is 0. The van der Waals surface area contributed by atoms with Crippen LogP contribution in [0.2, 0.25) is 0 Å². The molecule has 1 saturated heterocycles. The first-order valence-corrected chi connectivity index (χ1v) is 14.1. The number of amides is 2. The number of hydrogen-bond donors (Lipinski definition) is 3. The summed E-state index contributed by atoms with van der Waals surface area (Å²) in [7, 11) is 5.45. The zero-order chi connectivity index (χ0) is 30.3. The molecule has 3 N–H and O–H groups in total. The number of unbranched alkanes of at least 4 members (excludes halogenated alkanes) is 1. The van der Waals surface area contributed by atoms with Gasteiger partial charge in [0.1, 0.15) is 11.9 Å². The lowest BCUT2D eigenvalue weighted by molar-refractivity contribution is -0.135. The first-order chi connectivity index (χ1) is 20.3. The lowest BCUT2D eigenvalue weighted by atomic mass is 10.1. The summed E-state index contributed by atoms with van der Waals surface area (Å²) < 4.78 is 5.44. The highest BCUT2D eigenvalue weighted by Crippen LogP contribution is 2.21. The van der Waals surface area contributed by atoms with Crippen molar-refractivity contribution in [1.29, 1.82) is 5.26 Å². The van der Waals surface area contributed by atoms with E-state index in [9.17, 15) is 9.59 Å². The van der Waals surface area contributed by atoms with E-state index in [2.05, 4.69) is 50.8 Å². The molecule has 1 aromatic heterocycles. The van der Waals surface area contributed by atoms with E-state index < -0.39 is 6.04 Å². The van der Waals surface area contributed by atoms with Crippen molar-refractivity contribution in [3.63, 3.8) is 0 Å². The Bertz CT molecular complexity index is 1320. The number of carbonyl (C=O) groups is 2. The molecule has 0 spiro atoms. The number of nitrogens with one attached hydrogen (secondary N) is 3. The number of nitrogens with zero attached hydrogens (tertiary/aromatic N) is 5. The molecule has 0 unspecified atom stereocenters. The van der Waals surface area contributed by atoms with Crippen molar-refractivity contribution in [3.05, 3.63) is 53.7 Å². The minimum atomic E-state index is -0.557. The number of likely N-dealkylation sites (tertiary alicyclic amines) is 1. The molecule has 1 aliphatic heterocycles. The molecule has 1 fully saturated rings. The fraction of sp³-hybridized carbons (Fsp3) is 0.452. The Kier molecular flexibility index (Phi) is 12.8. The Morgan fingerprint density at radius 1 is 1.24 bits per heavy atom. The first-order valence-electron chi connectivity index (χ1n) is 14.1. The molecule has 3 rings (SSSR count). The molecule has 1 aromatic carbocycles. The number of carbonyl (C=O) groups excluding carboxylic acids is 2. The number of likely N-dealkylation sites (N-methyl/N-ethyl adjacent to an activating group) is 1. The predicted octanol–water partition coefficient (Wildman–Crippen LogP) is 2.90. The topological polar surface area (TPSA) is 136 Å². The van der Waals surface area contributed by atoms with Gasteiger partial charge in [-0.3, -0.25) is 9.59 Å². The molecule has 222 valence electrons. The van der Waals surface area contributed by atoms with Crippen LogP contribution >= 0.6 is 0 Å². The van der Waals surface area contributed by atoms with Crippen molar-refractivity contribution >= 4 is 29.3 Å². The van der Waals surface area contributed by atoms with Crippen molar-refractivity contribution in [3.8, 4) is 17.9 Å². The largest absolute Gasteiger partial charge is 0.380 e. The van der Waals surface area contributed by atoms with Crippen LogP contribution in [0.4, 0.5) is 17.5 Å². The fourth-order valence-corrected chi connectivity index (χ4v) is 4.25. The summed E-state index contributed by atoms with van der Waals surface area (Å²) in [5.74, 6) is 6.99. The number of benzene rings is 1. The van der Waals surface area contributed by atoms with Crippen molar-refractivity contribution in [1.82, 2.24) is 25.1 Å². The lowest BCUT2D eigenvalue weighted by Gasteiger charge is -2.22. The number of hydrogen-bond acceptors (Lipinski definition) is 9. The van der Waals surface area contributed by atoms with Gasteiger partial charge in [0.2, 0.25) is 17.8 Å². The third-order valence-corrected chi connectivity index (χ3v) is 6.51. The van der Waals surface area contributed by atoms with Gasteiger partial charge in [-0.25, -0.2) is 4.98 Å². The molecular formula is C31H40N8O3. The highest BCUT2D eigenvalue weighted by molar-refractivity contribution is 5.93. The Labute approximate surface area is 248 Å². The van der Waals surface area contributed by atoms with E-state index >= 15 is 0 Å². The van der Waals surface area contributed by atoms with E-state index in [0.717, 1.165) is 18.7 Å². The van der Waals surface area contributed by atoms with E-state index in [1.54, 1.807) is 48.5 Å². The molecule has 0 radical (unpaired) electrons. The van der Waals surface area contributed by atoms with Gasteiger partial charge in [-0.2, -0.15) is 10.2 Å². The van der Waals surface area contributed by atoms with E-state index in [4.69, 9.17) is 10.00 Å². The van der Waals surface area contributed by atoms with Gasteiger partial charge in [0.15, 0.2) is 0 Å². The zero-order valence-electron chi connectivity index (χ0n) is 24.8. The summed E-state index contributed by atoms with van der Waals surface area (Å²) in [6.45, 7) is 4.30. The minimum absolute atomic E-state index is 0.166. The Hall–Kier alpha value is -4.45. The molecule has 2 atom stereocenters. The van der Waals surface area contributed by atoms with Gasteiger partial charge < -0.3 is 30.5 Å². The quantitative estimate of drug-likeness (QED) is 0.188. The van der Waals surface area contributed by atoms with Gasteiger partial charge in [-0.05, 0) is 51.2 Å². The zero-order valence-corrected chi connectivity index (χ0v) is 24.8. The van der Waals surface area contributed by atoms with Crippen molar-refractivity contribution in [2.45, 2.75) is 44.8 Å². The number of ether oxygens (including phenoxy) is 1. The lowest BCUT2D eigenvalue weighted by Crippen LogP contribution is -2.45. The van der Waals surface area contributed by atoms with Gasteiger partial charge in [0.25, 0.3) is 0 Å². The van der Waals surface area contributed by atoms with E-state index in [1.165, 1.54) is 6.08 Å². The Balaban J connectivity index is 1.53. The summed E-state index contributed by atoms with van der Waals surface area (Å²) in [4.78, 5) is 38.2. The van der Waals surface area contributed by atoms with Crippen molar-refractivity contribution in [2.75, 3.05) is 58.0 Å². The smallest absolute Gasteiger partial charge is 0.247 e. The maximum atomic E-state index is 12.9. The highest BCUT2D eigenvalue weighted by Gasteiger charge is 2.38. The molecule has 11 heteroatoms. The van der Waals surface area contributed by atoms with Gasteiger partial charge in [-0.15, -0.1) is 0 Å². The molecule has 42 heavy (non-hydrogen) atoms. The van der Waals surface area contributed by atoms with Gasteiger partial charge in [0, 0.05) is 57.9 Å². The Morgan fingerprint density at radius 2 is 2.02 bits per heavy atom. The normalized spacial score (nSPS) is 16.1. The minimum Gasteiger partial charge on any atom is -0.380 e. The maximum absolute atomic E-state index is 12.9. The third-order valence-electron chi connectivity index (χ3n) is 6.51. The van der Waals surface area contributed by atoms with Crippen LogP contribution < -0.4 is 16.0 Å². The van der Waals surface area contributed by atoms with E-state index in [0.29, 0.717) is 61.8 Å². The van der Waals surface area contributed by atoms with Crippen LogP contribution in [0.1, 0.15) is 43.7 Å². The second kappa shape index (κ2) is 16.7. The summed E-state index contributed by atoms with van der Waals surface area (Å²) in [5.41, 5.74) is 2.04. The predicted molar refractivity (Wildman–Crippen MR) is 163 cm³/mol. The standard InChI is InChI=1S/C31H40N8O3/c1-5-16-33-29-24(21-35-31(37-29)36-25-14-12-23(20-32)13-15-25)10-7-6-8-17-34-30(41)27-19-26(42-4)22-39(27)28(40)11-9-18-38(2)3/h9,11-15,21,26-27H,5-6,8,16-19,22H2,1-4H3,(H,34,41)(H2,33,35,36,37)/b11-9+/t26-,27+/m1/s1. The van der Waals surface area contributed by atoms with Gasteiger partial charge >= 0.3 is 0 Å². The van der Waals surface area contributed by atoms with Crippen LogP contribution in [-0.2, 0) is 14.3 Å². The summed E-state index contributed by atoms with van der Waals surface area (Å²) in [5, 5.41) is 18.4. The van der Waals surface area contributed by atoms with Crippen molar-refractivity contribution < 1.29 is 14.3 Å². The summed E-state index contributed by atoms with van der Waals surface area (Å²) in [6, 6.07) is 8.60. The van der Waals surface area contributed by atoms with Gasteiger partial charge in [0.05, 0.1) is 29.5 Å². The van der Waals surface area contributed by atoms with Crippen LogP contribution in [0.5, 0.6) is 0 Å². The number of methoxy groups -OCH3 is 1. The molecule has 0 saturated carbocycles. The third kappa shape index (κ3) is 9.88. The summed E-state index contributed by atoms with van der Waals surface area (Å²) in [6.07, 6.45) is 7.46. The van der Waals surface area contributed by atoms with Gasteiger partial charge in [-0.1, -0.05) is 24.8 Å². The average Bonchev–Trinajstić information content (AvgIpc) is 3.43. The molecule has 2 heterocycles. The first kappa shape index (κ1) is 32.1. The monoisotopic (exact) mass is 572 g/mol. The second-order valence-corrected chi connectivity index (χ2v) is 10.2. The van der Waals surface area contributed by atoms with Crippen LogP contribution in [-0.4, -0.2) is 91.1 Å². The SMILES string of the molecule is CCCNc1nc(Nc2ccc(C#N)cc2)ncc1C#CCCCNC(=O)[C@@H]1C[C@@H](OC)CN1C(=O)/C=C/CN(C)C. The maximum Gasteiger partial charge on any atom is 0.247 e. The van der Waals surface area contributed by atoms with Crippen LogP contribution in [0.25, 0.3) is 0 Å². The fourth-order valence-electron chi connectivity index (χ4n) is 4.25. The molecule has 0 bridgehead atoms. The molecular weight excluding hydrogens is 532 g/mol. The average molecular weight is 573 g/mol.